The molecule has 0 atom stereocenters. The fourth-order valence-corrected chi connectivity index (χ4v) is 2.09. The van der Waals surface area contributed by atoms with E-state index < -0.39 is 11.4 Å². The van der Waals surface area contributed by atoms with Crippen molar-refractivity contribution in [1.82, 2.24) is 0 Å². The van der Waals surface area contributed by atoms with Gasteiger partial charge in [0.1, 0.15) is 0 Å². The van der Waals surface area contributed by atoms with E-state index in [1.54, 1.807) is 6.92 Å². The van der Waals surface area contributed by atoms with Crippen molar-refractivity contribution in [2.24, 2.45) is 5.73 Å². The monoisotopic (exact) mass is 229 g/mol. The Morgan fingerprint density at radius 3 is 2.60 bits per heavy atom. The predicted octanol–water partition coefficient (Wildman–Crippen LogP) is 2.74. The summed E-state index contributed by atoms with van der Waals surface area (Å²) in [5.74, 6) is -0.211. The van der Waals surface area contributed by atoms with Crippen LogP contribution >= 0.6 is 11.6 Å². The largest absolute Gasteiger partial charge is 0.493 e. The minimum atomic E-state index is -0.491. The van der Waals surface area contributed by atoms with Gasteiger partial charge in [-0.2, -0.15) is 0 Å². The van der Waals surface area contributed by atoms with Crippen LogP contribution in [-0.4, -0.2) is 7.11 Å². The van der Waals surface area contributed by atoms with Gasteiger partial charge in [-0.15, -0.1) is 0 Å². The Hall–Kier alpha value is -0.800. The molecule has 1 aromatic rings. The van der Waals surface area contributed by atoms with Gasteiger partial charge in [0.25, 0.3) is 0 Å². The van der Waals surface area contributed by atoms with Gasteiger partial charge in [0.2, 0.25) is 0 Å². The molecular formula is C11H13ClFNO. The summed E-state index contributed by atoms with van der Waals surface area (Å²) in [5, 5.41) is 0.522. The third-order valence-electron chi connectivity index (χ3n) is 2.84. The lowest BCUT2D eigenvalue weighted by Gasteiger charge is -2.18. The van der Waals surface area contributed by atoms with Crippen LogP contribution in [0.15, 0.2) is 6.07 Å². The van der Waals surface area contributed by atoms with Crippen molar-refractivity contribution >= 4 is 11.6 Å². The molecule has 1 fully saturated rings. The minimum Gasteiger partial charge on any atom is -0.493 e. The van der Waals surface area contributed by atoms with E-state index in [1.165, 1.54) is 13.2 Å². The van der Waals surface area contributed by atoms with E-state index in [9.17, 15) is 4.39 Å². The van der Waals surface area contributed by atoms with Gasteiger partial charge >= 0.3 is 0 Å². The summed E-state index contributed by atoms with van der Waals surface area (Å²) >= 11 is 6.15. The van der Waals surface area contributed by atoms with E-state index >= 15 is 0 Å². The normalized spacial score (nSPS) is 17.7. The maximum Gasteiger partial charge on any atom is 0.165 e. The highest BCUT2D eigenvalue weighted by Crippen LogP contribution is 2.50. The minimum absolute atomic E-state index is 0.186. The average Bonchev–Trinajstić information content (AvgIpc) is 2.90. The Balaban J connectivity index is 2.68. The molecule has 15 heavy (non-hydrogen) atoms. The van der Waals surface area contributed by atoms with E-state index in [0.29, 0.717) is 16.1 Å². The van der Waals surface area contributed by atoms with Crippen molar-refractivity contribution in [3.8, 4) is 5.75 Å². The van der Waals surface area contributed by atoms with E-state index in [0.717, 1.165) is 12.8 Å². The first-order valence-electron chi connectivity index (χ1n) is 4.81. The molecular weight excluding hydrogens is 217 g/mol. The lowest BCUT2D eigenvalue weighted by Crippen LogP contribution is -2.21. The highest BCUT2D eigenvalue weighted by molar-refractivity contribution is 6.32. The van der Waals surface area contributed by atoms with Crippen LogP contribution in [0.2, 0.25) is 5.02 Å². The van der Waals surface area contributed by atoms with Gasteiger partial charge in [0.15, 0.2) is 11.6 Å². The summed E-state index contributed by atoms with van der Waals surface area (Å²) < 4.78 is 18.6. The predicted molar refractivity (Wildman–Crippen MR) is 57.8 cm³/mol. The lowest BCUT2D eigenvalue weighted by atomic mass is 10.0. The SMILES string of the molecule is COc1c(F)cc(C)c(Cl)c1C1(N)CC1. The fourth-order valence-electron chi connectivity index (χ4n) is 1.76. The first-order chi connectivity index (χ1) is 6.99. The fraction of sp³-hybridized carbons (Fsp3) is 0.455. The molecule has 1 saturated carbocycles. The van der Waals surface area contributed by atoms with Crippen LogP contribution in [0.1, 0.15) is 24.0 Å². The molecule has 4 heteroatoms. The molecule has 0 radical (unpaired) electrons. The number of benzene rings is 1. The molecule has 1 aromatic carbocycles. The zero-order valence-electron chi connectivity index (χ0n) is 8.73. The molecule has 0 heterocycles. The summed E-state index contributed by atoms with van der Waals surface area (Å²) in [6, 6.07) is 1.37. The molecule has 0 amide bonds. The number of rotatable bonds is 2. The summed E-state index contributed by atoms with van der Waals surface area (Å²) in [6.07, 6.45) is 1.65. The molecule has 0 spiro atoms. The maximum absolute atomic E-state index is 13.6. The first kappa shape index (κ1) is 10.7. The van der Waals surface area contributed by atoms with Crippen molar-refractivity contribution in [1.29, 1.82) is 0 Å². The third-order valence-corrected chi connectivity index (χ3v) is 3.33. The topological polar surface area (TPSA) is 35.2 Å². The average molecular weight is 230 g/mol. The van der Waals surface area contributed by atoms with Crippen LogP contribution in [-0.2, 0) is 5.54 Å². The number of aryl methyl sites for hydroxylation is 1. The molecule has 0 bridgehead atoms. The van der Waals surface area contributed by atoms with Crippen molar-refractivity contribution in [2.75, 3.05) is 7.11 Å². The van der Waals surface area contributed by atoms with Crippen LogP contribution in [0, 0.1) is 12.7 Å². The standard InChI is InChI=1S/C11H13ClFNO/c1-6-5-7(13)10(15-2)8(9(6)12)11(14)3-4-11/h5H,3-4,14H2,1-2H3. The van der Waals surface area contributed by atoms with E-state index in [-0.39, 0.29) is 5.75 Å². The van der Waals surface area contributed by atoms with Crippen LogP contribution < -0.4 is 10.5 Å². The Bertz CT molecular complexity index is 416. The molecule has 82 valence electrons. The van der Waals surface area contributed by atoms with Crippen LogP contribution in [0.4, 0.5) is 4.39 Å². The van der Waals surface area contributed by atoms with Crippen molar-refractivity contribution in [3.63, 3.8) is 0 Å². The molecule has 0 unspecified atom stereocenters. The van der Waals surface area contributed by atoms with Gasteiger partial charge in [0.05, 0.1) is 12.1 Å². The molecule has 2 N–H and O–H groups in total. The Labute approximate surface area is 93.2 Å². The Kier molecular flexibility index (Phi) is 2.40. The van der Waals surface area contributed by atoms with Crippen molar-refractivity contribution < 1.29 is 9.13 Å². The molecule has 0 aromatic heterocycles. The second-order valence-electron chi connectivity index (χ2n) is 4.05. The quantitative estimate of drug-likeness (QED) is 0.847. The molecule has 1 aliphatic rings. The summed E-state index contributed by atoms with van der Waals surface area (Å²) in [7, 11) is 1.43. The number of hydrogen-bond acceptors (Lipinski definition) is 2. The van der Waals surface area contributed by atoms with Crippen LogP contribution in [0.25, 0.3) is 0 Å². The highest BCUT2D eigenvalue weighted by atomic mass is 35.5. The van der Waals surface area contributed by atoms with Gasteiger partial charge in [-0.1, -0.05) is 11.6 Å². The number of methoxy groups -OCH3 is 1. The van der Waals surface area contributed by atoms with Gasteiger partial charge in [-0.3, -0.25) is 0 Å². The molecule has 0 aliphatic heterocycles. The number of nitrogens with two attached hydrogens (primary N) is 1. The Morgan fingerprint density at radius 1 is 1.53 bits per heavy atom. The highest BCUT2D eigenvalue weighted by Gasteiger charge is 2.45. The molecule has 0 saturated heterocycles. The zero-order valence-corrected chi connectivity index (χ0v) is 9.49. The van der Waals surface area contributed by atoms with Gasteiger partial charge < -0.3 is 10.5 Å². The van der Waals surface area contributed by atoms with Crippen molar-refractivity contribution in [2.45, 2.75) is 25.3 Å². The lowest BCUT2D eigenvalue weighted by molar-refractivity contribution is 0.376. The van der Waals surface area contributed by atoms with Crippen LogP contribution in [0.3, 0.4) is 0 Å². The number of halogens is 2. The summed E-state index contributed by atoms with van der Waals surface area (Å²) in [4.78, 5) is 0. The Morgan fingerprint density at radius 2 is 2.13 bits per heavy atom. The number of hydrogen-bond donors (Lipinski definition) is 1. The maximum atomic E-state index is 13.6. The molecule has 2 rings (SSSR count). The molecule has 2 nitrogen and oxygen atoms in total. The molecule has 1 aliphatic carbocycles. The third kappa shape index (κ3) is 1.60. The zero-order chi connectivity index (χ0) is 11.2. The van der Waals surface area contributed by atoms with E-state index in [2.05, 4.69) is 0 Å². The smallest absolute Gasteiger partial charge is 0.165 e. The van der Waals surface area contributed by atoms with Gasteiger partial charge in [-0.25, -0.2) is 4.39 Å². The number of ether oxygens (including phenoxy) is 1. The second-order valence-corrected chi connectivity index (χ2v) is 4.43. The van der Waals surface area contributed by atoms with Crippen molar-refractivity contribution in [3.05, 3.63) is 28.0 Å². The van der Waals surface area contributed by atoms with Crippen LogP contribution in [0.5, 0.6) is 5.75 Å². The van der Waals surface area contributed by atoms with E-state index in [4.69, 9.17) is 22.1 Å². The second kappa shape index (κ2) is 3.35. The van der Waals surface area contributed by atoms with E-state index in [1.807, 2.05) is 0 Å². The summed E-state index contributed by atoms with van der Waals surface area (Å²) in [6.45, 7) is 1.76. The summed E-state index contributed by atoms with van der Waals surface area (Å²) in [5.41, 5.74) is 6.87. The first-order valence-corrected chi connectivity index (χ1v) is 5.19. The van der Waals surface area contributed by atoms with Gasteiger partial charge in [0, 0.05) is 11.1 Å². The van der Waals surface area contributed by atoms with Gasteiger partial charge in [-0.05, 0) is 31.4 Å².